The van der Waals surface area contributed by atoms with Crippen molar-refractivity contribution in [1.82, 2.24) is 0 Å². The summed E-state index contributed by atoms with van der Waals surface area (Å²) in [6.07, 6.45) is 0. The van der Waals surface area contributed by atoms with Crippen LogP contribution in [0.15, 0.2) is 87.5 Å². The molecule has 0 amide bonds. The summed E-state index contributed by atoms with van der Waals surface area (Å²) in [5.74, 6) is 0. The van der Waals surface area contributed by atoms with Crippen molar-refractivity contribution in [3.63, 3.8) is 0 Å². The topological polar surface area (TPSA) is 0 Å². The van der Waals surface area contributed by atoms with Crippen LogP contribution in [-0.4, -0.2) is 9.83 Å². The van der Waals surface area contributed by atoms with Crippen LogP contribution < -0.4 is 0 Å². The summed E-state index contributed by atoms with van der Waals surface area (Å²) in [4.78, 5) is 4.01. The molecule has 0 bridgehead atoms. The van der Waals surface area contributed by atoms with E-state index in [0.29, 0.717) is 9.83 Å². The molecular weight excluding hydrogens is 384 g/mol. The molecule has 0 radical (unpaired) electrons. The highest BCUT2D eigenvalue weighted by Gasteiger charge is 2.21. The van der Waals surface area contributed by atoms with Gasteiger partial charge in [-0.15, -0.1) is 35.3 Å². The predicted molar refractivity (Wildman–Crippen MR) is 124 cm³/mol. The van der Waals surface area contributed by atoms with Crippen molar-refractivity contribution in [3.8, 4) is 0 Å². The van der Waals surface area contributed by atoms with E-state index in [0.717, 1.165) is 0 Å². The van der Waals surface area contributed by atoms with Crippen LogP contribution in [0.3, 0.4) is 0 Å². The minimum atomic E-state index is 0.432. The first kappa shape index (κ1) is 20.4. The van der Waals surface area contributed by atoms with Gasteiger partial charge in [0.25, 0.3) is 0 Å². The lowest BCUT2D eigenvalue weighted by Crippen LogP contribution is -2.12. The van der Waals surface area contributed by atoms with Crippen molar-refractivity contribution < 1.29 is 0 Å². The molecule has 3 aromatic rings. The van der Waals surface area contributed by atoms with Gasteiger partial charge >= 0.3 is 0 Å². The maximum Gasteiger partial charge on any atom is 0.0715 e. The first-order chi connectivity index (χ1) is 13.0. The van der Waals surface area contributed by atoms with E-state index in [4.69, 9.17) is 0 Å². The summed E-state index contributed by atoms with van der Waals surface area (Å²) >= 11 is 5.90. The molecule has 3 rings (SSSR count). The first-order valence-electron chi connectivity index (χ1n) is 9.19. The molecule has 0 heterocycles. The second-order valence-corrected chi connectivity index (χ2v) is 11.0. The van der Waals surface area contributed by atoms with Gasteiger partial charge in [-0.05, 0) is 57.2 Å². The van der Waals surface area contributed by atoms with Crippen molar-refractivity contribution in [1.29, 1.82) is 0 Å². The molecule has 0 aliphatic heterocycles. The van der Waals surface area contributed by atoms with Gasteiger partial charge in [-0.25, -0.2) is 0 Å². The number of thioether (sulfide) groups is 3. The molecule has 0 aliphatic rings. The molecule has 27 heavy (non-hydrogen) atoms. The van der Waals surface area contributed by atoms with E-state index in [1.807, 2.05) is 35.3 Å². The molecule has 0 aliphatic carbocycles. The molecule has 0 fully saturated rings. The van der Waals surface area contributed by atoms with E-state index in [1.165, 1.54) is 31.4 Å². The normalized spacial score (nSPS) is 12.3. The minimum Gasteiger partial charge on any atom is -0.121 e. The van der Waals surface area contributed by atoms with E-state index < -0.39 is 0 Å². The van der Waals surface area contributed by atoms with E-state index in [2.05, 4.69) is 100 Å². The second-order valence-electron chi connectivity index (χ2n) is 6.87. The summed E-state index contributed by atoms with van der Waals surface area (Å²) in [5, 5.41) is 0.477. The third-order valence-electron chi connectivity index (χ3n) is 4.27. The Kier molecular flexibility index (Phi) is 7.40. The molecule has 1 unspecified atom stereocenters. The lowest BCUT2D eigenvalue weighted by Gasteiger charge is -2.23. The Labute approximate surface area is 176 Å². The van der Waals surface area contributed by atoms with Crippen LogP contribution >= 0.6 is 35.3 Å². The zero-order chi connectivity index (χ0) is 19.2. The third kappa shape index (κ3) is 6.38. The van der Waals surface area contributed by atoms with Gasteiger partial charge in [0.15, 0.2) is 0 Å². The van der Waals surface area contributed by atoms with E-state index in [-0.39, 0.29) is 0 Å². The maximum atomic E-state index is 2.34. The number of benzene rings is 3. The Morgan fingerprint density at radius 2 is 0.778 bits per heavy atom. The second kappa shape index (κ2) is 9.77. The van der Waals surface area contributed by atoms with Gasteiger partial charge in [0.1, 0.15) is 0 Å². The Morgan fingerprint density at radius 3 is 1.11 bits per heavy atom. The molecule has 3 aromatic carbocycles. The highest BCUT2D eigenvalue weighted by atomic mass is 32.2. The van der Waals surface area contributed by atoms with E-state index >= 15 is 0 Å². The van der Waals surface area contributed by atoms with Crippen LogP contribution in [0.1, 0.15) is 23.6 Å². The third-order valence-corrected chi connectivity index (χ3v) is 8.75. The Morgan fingerprint density at radius 1 is 0.481 bits per heavy atom. The lowest BCUT2D eigenvalue weighted by molar-refractivity contribution is 1.07. The minimum absolute atomic E-state index is 0.432. The SMILES string of the molecule is Cc1ccc(SC(C)C(Sc2ccc(C)cc2)Sc2ccc(C)cc2)cc1. The van der Waals surface area contributed by atoms with Gasteiger partial charge in [-0.3, -0.25) is 0 Å². The molecule has 1 atom stereocenters. The van der Waals surface area contributed by atoms with Crippen molar-refractivity contribution in [2.75, 3.05) is 0 Å². The van der Waals surface area contributed by atoms with Crippen molar-refractivity contribution in [2.45, 2.75) is 52.2 Å². The largest absolute Gasteiger partial charge is 0.121 e. The zero-order valence-electron chi connectivity index (χ0n) is 16.3. The Hall–Kier alpha value is -1.29. The molecular formula is C24H26S3. The van der Waals surface area contributed by atoms with Gasteiger partial charge in [-0.1, -0.05) is 60.0 Å². The summed E-state index contributed by atoms with van der Waals surface area (Å²) in [7, 11) is 0. The number of hydrogen-bond donors (Lipinski definition) is 0. The summed E-state index contributed by atoms with van der Waals surface area (Å²) < 4.78 is 0.432. The van der Waals surface area contributed by atoms with Crippen LogP contribution in [0.2, 0.25) is 0 Å². The Balaban J connectivity index is 1.77. The molecule has 0 saturated carbocycles. The van der Waals surface area contributed by atoms with Crippen molar-refractivity contribution in [3.05, 3.63) is 89.5 Å². The van der Waals surface area contributed by atoms with Crippen LogP contribution in [0, 0.1) is 20.8 Å². The number of aryl methyl sites for hydroxylation is 3. The predicted octanol–water partition coefficient (Wildman–Crippen LogP) is 8.00. The lowest BCUT2D eigenvalue weighted by atomic mass is 10.2. The number of rotatable bonds is 7. The van der Waals surface area contributed by atoms with E-state index in [1.54, 1.807) is 0 Å². The van der Waals surface area contributed by atoms with Gasteiger partial charge < -0.3 is 0 Å². The highest BCUT2D eigenvalue weighted by Crippen LogP contribution is 2.43. The van der Waals surface area contributed by atoms with Gasteiger partial charge in [-0.2, -0.15) is 0 Å². The van der Waals surface area contributed by atoms with Crippen LogP contribution in [0.25, 0.3) is 0 Å². The van der Waals surface area contributed by atoms with Crippen LogP contribution in [0.5, 0.6) is 0 Å². The highest BCUT2D eigenvalue weighted by molar-refractivity contribution is 8.18. The molecule has 0 nitrogen and oxygen atoms in total. The quantitative estimate of drug-likeness (QED) is 0.286. The fraction of sp³-hybridized carbons (Fsp3) is 0.250. The number of hydrogen-bond acceptors (Lipinski definition) is 3. The molecule has 0 spiro atoms. The van der Waals surface area contributed by atoms with E-state index in [9.17, 15) is 0 Å². The molecule has 0 saturated heterocycles. The van der Waals surface area contributed by atoms with Crippen LogP contribution in [0.4, 0.5) is 0 Å². The molecule has 0 N–H and O–H groups in total. The average Bonchev–Trinajstić information content (AvgIpc) is 2.66. The van der Waals surface area contributed by atoms with Crippen LogP contribution in [-0.2, 0) is 0 Å². The average molecular weight is 411 g/mol. The van der Waals surface area contributed by atoms with Crippen molar-refractivity contribution >= 4 is 35.3 Å². The van der Waals surface area contributed by atoms with Gasteiger partial charge in [0.05, 0.1) is 4.58 Å². The maximum absolute atomic E-state index is 2.34. The van der Waals surface area contributed by atoms with Gasteiger partial charge in [0, 0.05) is 19.9 Å². The van der Waals surface area contributed by atoms with Gasteiger partial charge in [0.2, 0.25) is 0 Å². The standard InChI is InChI=1S/C24H26S3/c1-17-5-11-21(12-6-17)25-20(4)24(26-22-13-7-18(2)8-14-22)27-23-15-9-19(3)10-16-23/h5-16,20,24H,1-4H3. The Bertz CT molecular complexity index is 789. The fourth-order valence-electron chi connectivity index (χ4n) is 2.60. The fourth-order valence-corrected chi connectivity index (χ4v) is 6.47. The smallest absolute Gasteiger partial charge is 0.0715 e. The van der Waals surface area contributed by atoms with Crippen molar-refractivity contribution in [2.24, 2.45) is 0 Å². The summed E-state index contributed by atoms with van der Waals surface area (Å²) in [5.41, 5.74) is 3.93. The summed E-state index contributed by atoms with van der Waals surface area (Å²) in [6, 6.07) is 26.6. The summed E-state index contributed by atoms with van der Waals surface area (Å²) in [6.45, 7) is 8.77. The molecule has 0 aromatic heterocycles. The monoisotopic (exact) mass is 410 g/mol. The molecule has 3 heteroatoms. The zero-order valence-corrected chi connectivity index (χ0v) is 18.8. The molecule has 140 valence electrons. The first-order valence-corrected chi connectivity index (χ1v) is 11.8.